The lowest BCUT2D eigenvalue weighted by Gasteiger charge is -2.14. The van der Waals surface area contributed by atoms with Crippen LogP contribution in [0.1, 0.15) is 11.1 Å². The lowest BCUT2D eigenvalue weighted by Crippen LogP contribution is -2.41. The Bertz CT molecular complexity index is 1020. The number of halogens is 1. The van der Waals surface area contributed by atoms with Crippen LogP contribution in [0.4, 0.5) is 4.39 Å². The molecule has 6 heteroatoms. The van der Waals surface area contributed by atoms with Gasteiger partial charge in [-0.15, -0.1) is 0 Å². The molecule has 130 valence electrons. The number of rotatable bonds is 5. The van der Waals surface area contributed by atoms with Crippen LogP contribution in [0.5, 0.6) is 0 Å². The molecular formula is C19H19FN2O3. The molecule has 3 aromatic rings. The number of hydrogen-bond acceptors (Lipinski definition) is 3. The number of nitrogens with zero attached hydrogens (tertiary/aromatic N) is 2. The molecule has 5 nitrogen and oxygen atoms in total. The van der Waals surface area contributed by atoms with Crippen molar-refractivity contribution in [2.75, 3.05) is 13.7 Å². The molecule has 0 atom stereocenters. The van der Waals surface area contributed by atoms with Gasteiger partial charge in [0.2, 0.25) is 0 Å². The maximum atomic E-state index is 13.1. The predicted molar refractivity (Wildman–Crippen MR) is 94.6 cm³/mol. The standard InChI is InChI=1S/C19H19FN2O3/c1-13-3-8-17-16(11-13)18(23)22(19(24)21(17)9-10-25-2)12-14-4-6-15(20)7-5-14/h3-8,11H,9-10,12H2,1-2H3. The lowest BCUT2D eigenvalue weighted by molar-refractivity contribution is 0.186. The van der Waals surface area contributed by atoms with Crippen LogP contribution in [0.15, 0.2) is 52.1 Å². The first-order valence-electron chi connectivity index (χ1n) is 7.98. The van der Waals surface area contributed by atoms with Gasteiger partial charge in [-0.3, -0.25) is 13.9 Å². The first-order valence-corrected chi connectivity index (χ1v) is 7.98. The third-order valence-electron chi connectivity index (χ3n) is 4.15. The summed E-state index contributed by atoms with van der Waals surface area (Å²) in [5.74, 6) is -0.359. The number of aromatic nitrogens is 2. The molecule has 0 aliphatic carbocycles. The first kappa shape index (κ1) is 17.1. The fourth-order valence-corrected chi connectivity index (χ4v) is 2.85. The van der Waals surface area contributed by atoms with Crippen LogP contribution in [0, 0.1) is 12.7 Å². The smallest absolute Gasteiger partial charge is 0.331 e. The lowest BCUT2D eigenvalue weighted by atomic mass is 10.1. The van der Waals surface area contributed by atoms with Gasteiger partial charge >= 0.3 is 5.69 Å². The Hall–Kier alpha value is -2.73. The second-order valence-electron chi connectivity index (χ2n) is 5.97. The SMILES string of the molecule is COCCn1c(=O)n(Cc2ccc(F)cc2)c(=O)c2cc(C)ccc21. The zero-order chi connectivity index (χ0) is 18.0. The van der Waals surface area contributed by atoms with Crippen molar-refractivity contribution >= 4 is 10.9 Å². The normalized spacial score (nSPS) is 11.2. The van der Waals surface area contributed by atoms with Gasteiger partial charge in [-0.25, -0.2) is 9.18 Å². The zero-order valence-corrected chi connectivity index (χ0v) is 14.2. The van der Waals surface area contributed by atoms with Crippen LogP contribution < -0.4 is 11.2 Å². The molecule has 1 heterocycles. The second-order valence-corrected chi connectivity index (χ2v) is 5.97. The molecule has 1 aromatic heterocycles. The number of benzene rings is 2. The van der Waals surface area contributed by atoms with Gasteiger partial charge in [-0.1, -0.05) is 23.8 Å². The number of hydrogen-bond donors (Lipinski definition) is 0. The van der Waals surface area contributed by atoms with Gasteiger partial charge in [-0.2, -0.15) is 0 Å². The molecule has 0 saturated carbocycles. The van der Waals surface area contributed by atoms with Gasteiger partial charge in [0.25, 0.3) is 5.56 Å². The highest BCUT2D eigenvalue weighted by atomic mass is 19.1. The van der Waals surface area contributed by atoms with E-state index in [1.54, 1.807) is 35.9 Å². The third kappa shape index (κ3) is 3.39. The number of aryl methyl sites for hydroxylation is 1. The van der Waals surface area contributed by atoms with E-state index >= 15 is 0 Å². The van der Waals surface area contributed by atoms with Crippen LogP contribution >= 0.6 is 0 Å². The van der Waals surface area contributed by atoms with Crippen molar-refractivity contribution in [3.8, 4) is 0 Å². The zero-order valence-electron chi connectivity index (χ0n) is 14.2. The number of methoxy groups -OCH3 is 1. The predicted octanol–water partition coefficient (Wildman–Crippen LogP) is 2.31. The molecule has 25 heavy (non-hydrogen) atoms. The monoisotopic (exact) mass is 342 g/mol. The molecule has 0 amide bonds. The Morgan fingerprint density at radius 2 is 1.76 bits per heavy atom. The van der Waals surface area contributed by atoms with Crippen molar-refractivity contribution in [2.45, 2.75) is 20.0 Å². The highest BCUT2D eigenvalue weighted by molar-refractivity contribution is 5.78. The van der Waals surface area contributed by atoms with Crippen molar-refractivity contribution in [3.63, 3.8) is 0 Å². The largest absolute Gasteiger partial charge is 0.383 e. The summed E-state index contributed by atoms with van der Waals surface area (Å²) in [5.41, 5.74) is 1.47. The summed E-state index contributed by atoms with van der Waals surface area (Å²) in [6, 6.07) is 11.2. The molecule has 0 fully saturated rings. The molecule has 0 radical (unpaired) electrons. The Kier molecular flexibility index (Phi) is 4.81. The molecule has 0 unspecified atom stereocenters. The molecule has 0 aliphatic rings. The molecule has 0 N–H and O–H groups in total. The van der Waals surface area contributed by atoms with Crippen LogP contribution in [0.3, 0.4) is 0 Å². The Morgan fingerprint density at radius 1 is 1.04 bits per heavy atom. The van der Waals surface area contributed by atoms with Crippen molar-refractivity contribution in [2.24, 2.45) is 0 Å². The first-order chi connectivity index (χ1) is 12.0. The Balaban J connectivity index is 2.21. The van der Waals surface area contributed by atoms with Gasteiger partial charge in [0.1, 0.15) is 5.82 Å². The Labute approximate surface area is 143 Å². The van der Waals surface area contributed by atoms with E-state index in [0.29, 0.717) is 29.6 Å². The van der Waals surface area contributed by atoms with Crippen LogP contribution in [0.25, 0.3) is 10.9 Å². The quantitative estimate of drug-likeness (QED) is 0.715. The van der Waals surface area contributed by atoms with E-state index in [4.69, 9.17) is 4.74 Å². The van der Waals surface area contributed by atoms with Gasteiger partial charge in [0.05, 0.1) is 30.6 Å². The van der Waals surface area contributed by atoms with Gasteiger partial charge < -0.3 is 4.74 Å². The van der Waals surface area contributed by atoms with Gasteiger partial charge in [-0.05, 0) is 36.8 Å². The fraction of sp³-hybridized carbons (Fsp3) is 0.263. The van der Waals surface area contributed by atoms with Gasteiger partial charge in [0.15, 0.2) is 0 Å². The minimum atomic E-state index is -0.400. The second kappa shape index (κ2) is 7.03. The van der Waals surface area contributed by atoms with Crippen molar-refractivity contribution < 1.29 is 9.13 Å². The molecule has 2 aromatic carbocycles. The van der Waals surface area contributed by atoms with Gasteiger partial charge in [0, 0.05) is 7.11 Å². The van der Waals surface area contributed by atoms with E-state index in [2.05, 4.69) is 0 Å². The summed E-state index contributed by atoms with van der Waals surface area (Å²) < 4.78 is 20.9. The van der Waals surface area contributed by atoms with E-state index in [0.717, 1.165) is 5.56 Å². The highest BCUT2D eigenvalue weighted by Gasteiger charge is 2.13. The molecule has 0 bridgehead atoms. The van der Waals surface area contributed by atoms with Crippen LogP contribution in [-0.2, 0) is 17.8 Å². The summed E-state index contributed by atoms with van der Waals surface area (Å²) in [7, 11) is 1.56. The van der Waals surface area contributed by atoms with E-state index in [-0.39, 0.29) is 17.9 Å². The van der Waals surface area contributed by atoms with Crippen molar-refractivity contribution in [1.82, 2.24) is 9.13 Å². The van der Waals surface area contributed by atoms with Crippen molar-refractivity contribution in [3.05, 3.63) is 80.2 Å². The van der Waals surface area contributed by atoms with E-state index in [1.807, 2.05) is 13.0 Å². The van der Waals surface area contributed by atoms with Crippen LogP contribution in [-0.4, -0.2) is 22.9 Å². The van der Waals surface area contributed by atoms with Crippen LogP contribution in [0.2, 0.25) is 0 Å². The molecule has 0 aliphatic heterocycles. The number of ether oxygens (including phenoxy) is 1. The highest BCUT2D eigenvalue weighted by Crippen LogP contribution is 2.11. The van der Waals surface area contributed by atoms with Crippen molar-refractivity contribution in [1.29, 1.82) is 0 Å². The maximum Gasteiger partial charge on any atom is 0.331 e. The summed E-state index contributed by atoms with van der Waals surface area (Å²) in [6.45, 7) is 2.69. The fourth-order valence-electron chi connectivity index (χ4n) is 2.85. The number of fused-ring (bicyclic) bond motifs is 1. The molecule has 0 saturated heterocycles. The summed E-state index contributed by atoms with van der Waals surface area (Å²) in [5, 5.41) is 0.484. The average molecular weight is 342 g/mol. The van der Waals surface area contributed by atoms with E-state index < -0.39 is 5.69 Å². The topological polar surface area (TPSA) is 53.2 Å². The Morgan fingerprint density at radius 3 is 2.44 bits per heavy atom. The molecular weight excluding hydrogens is 323 g/mol. The molecule has 0 spiro atoms. The summed E-state index contributed by atoms with van der Waals surface area (Å²) in [6.07, 6.45) is 0. The molecule has 3 rings (SSSR count). The minimum Gasteiger partial charge on any atom is -0.383 e. The maximum absolute atomic E-state index is 13.1. The van der Waals surface area contributed by atoms with E-state index in [1.165, 1.54) is 16.7 Å². The summed E-state index contributed by atoms with van der Waals surface area (Å²) in [4.78, 5) is 25.7. The minimum absolute atomic E-state index is 0.0921. The van der Waals surface area contributed by atoms with E-state index in [9.17, 15) is 14.0 Å². The average Bonchev–Trinajstić information content (AvgIpc) is 2.60. The third-order valence-corrected chi connectivity index (χ3v) is 4.15. The summed E-state index contributed by atoms with van der Waals surface area (Å²) >= 11 is 0.